The summed E-state index contributed by atoms with van der Waals surface area (Å²) in [6, 6.07) is 0. The van der Waals surface area contributed by atoms with Crippen LogP contribution in [0.3, 0.4) is 0 Å². The van der Waals surface area contributed by atoms with Crippen molar-refractivity contribution in [3.05, 3.63) is 11.6 Å². The highest BCUT2D eigenvalue weighted by Gasteiger charge is 2.77. The molecule has 0 aromatic heterocycles. The fraction of sp³-hybridized carbons (Fsp3) is 0.789. The molecule has 11 atom stereocenters. The van der Waals surface area contributed by atoms with Gasteiger partial charge in [-0.05, 0) is 18.9 Å². The molecule has 0 aromatic carbocycles. The molecule has 7 nitrogen and oxygen atoms in total. The quantitative estimate of drug-likeness (QED) is 0.422. The summed E-state index contributed by atoms with van der Waals surface area (Å²) < 4.78 is 5.56. The van der Waals surface area contributed by atoms with Crippen molar-refractivity contribution in [3.63, 3.8) is 0 Å². The van der Waals surface area contributed by atoms with Crippen LogP contribution in [0.1, 0.15) is 27.7 Å². The van der Waals surface area contributed by atoms with E-state index in [0.717, 1.165) is 0 Å². The normalized spacial score (nSPS) is 58.6. The van der Waals surface area contributed by atoms with Gasteiger partial charge in [-0.25, -0.2) is 0 Å². The van der Waals surface area contributed by atoms with E-state index in [1.807, 2.05) is 0 Å². The molecule has 144 valence electrons. The van der Waals surface area contributed by atoms with Crippen LogP contribution in [0.25, 0.3) is 0 Å². The summed E-state index contributed by atoms with van der Waals surface area (Å²) in [4.78, 5) is 25.0. The Labute approximate surface area is 151 Å². The zero-order chi connectivity index (χ0) is 19.3. The fourth-order valence-electron chi connectivity index (χ4n) is 6.99. The minimum atomic E-state index is -1.44. The molecule has 0 aromatic rings. The van der Waals surface area contributed by atoms with Gasteiger partial charge in [0, 0.05) is 22.7 Å². The molecule has 4 rings (SSSR count). The Hall–Kier alpha value is -1.28. The van der Waals surface area contributed by atoms with E-state index in [4.69, 9.17) is 4.74 Å². The monoisotopic (exact) mass is 366 g/mol. The molecule has 0 spiro atoms. The van der Waals surface area contributed by atoms with E-state index >= 15 is 0 Å². The molecule has 3 fully saturated rings. The van der Waals surface area contributed by atoms with Crippen LogP contribution in [-0.4, -0.2) is 62.7 Å². The number of carbonyl (C=O) groups is 2. The number of aliphatic hydroxyl groups is 4. The highest BCUT2D eigenvalue weighted by Crippen LogP contribution is 2.68. The van der Waals surface area contributed by atoms with Crippen molar-refractivity contribution in [2.75, 3.05) is 0 Å². The van der Waals surface area contributed by atoms with Crippen molar-refractivity contribution in [3.8, 4) is 0 Å². The van der Waals surface area contributed by atoms with Crippen LogP contribution in [0.2, 0.25) is 0 Å². The van der Waals surface area contributed by atoms with Crippen molar-refractivity contribution in [1.29, 1.82) is 0 Å². The van der Waals surface area contributed by atoms with Crippen LogP contribution in [0.15, 0.2) is 11.6 Å². The van der Waals surface area contributed by atoms with Gasteiger partial charge in [-0.15, -0.1) is 0 Å². The molecular weight excluding hydrogens is 340 g/mol. The number of rotatable bonds is 0. The fourth-order valence-corrected chi connectivity index (χ4v) is 6.99. The van der Waals surface area contributed by atoms with Gasteiger partial charge < -0.3 is 25.2 Å². The smallest absolute Gasteiger partial charge is 0.310 e. The Morgan fingerprint density at radius 2 is 1.58 bits per heavy atom. The first-order valence-corrected chi connectivity index (χ1v) is 9.13. The first-order valence-electron chi connectivity index (χ1n) is 9.13. The number of ketones is 1. The topological polar surface area (TPSA) is 124 Å². The van der Waals surface area contributed by atoms with E-state index < -0.39 is 76.8 Å². The Morgan fingerprint density at radius 3 is 2.19 bits per heavy atom. The van der Waals surface area contributed by atoms with Gasteiger partial charge in [-0.3, -0.25) is 9.59 Å². The summed E-state index contributed by atoms with van der Waals surface area (Å²) in [5.41, 5.74) is -1.65. The lowest BCUT2D eigenvalue weighted by Gasteiger charge is -2.65. The third-order valence-electron chi connectivity index (χ3n) is 7.92. The highest BCUT2D eigenvalue weighted by atomic mass is 16.6. The summed E-state index contributed by atoms with van der Waals surface area (Å²) in [5.74, 6) is -3.75. The second-order valence-electron chi connectivity index (χ2n) is 9.05. The number of aliphatic hydroxyl groups excluding tert-OH is 4. The highest BCUT2D eigenvalue weighted by molar-refractivity contribution is 5.96. The predicted octanol–water partition coefficient (Wildman–Crippen LogP) is -0.591. The van der Waals surface area contributed by atoms with Crippen molar-refractivity contribution >= 4 is 11.8 Å². The number of fused-ring (bicyclic) bond motifs is 2. The molecule has 3 aliphatic carbocycles. The van der Waals surface area contributed by atoms with E-state index in [9.17, 15) is 30.0 Å². The summed E-state index contributed by atoms with van der Waals surface area (Å²) in [6.07, 6.45) is -4.55. The lowest BCUT2D eigenvalue weighted by Crippen LogP contribution is -2.74. The molecular formula is C19H26O7. The van der Waals surface area contributed by atoms with Crippen LogP contribution in [0.4, 0.5) is 0 Å². The van der Waals surface area contributed by atoms with Gasteiger partial charge >= 0.3 is 5.97 Å². The molecule has 7 heteroatoms. The Balaban J connectivity index is 2.00. The standard InChI is InChI=1S/C19H26O7/c1-6-5-8(20)15(24)18(3)9(6)12(22)16-19(4)10(17(25)26-16)7(2)11(21)13(23)14(18)19/h5,7,9-16,21-24H,1-4H3/t7-,9+,10-,11-,12-,13+,14-,15-,16-,18+,19+/m1/s1. The number of hydrogen-bond donors (Lipinski definition) is 4. The van der Waals surface area contributed by atoms with Crippen molar-refractivity contribution in [2.45, 2.75) is 58.2 Å². The minimum absolute atomic E-state index is 0.488. The van der Waals surface area contributed by atoms with Crippen LogP contribution < -0.4 is 0 Å². The Kier molecular flexibility index (Phi) is 3.59. The van der Waals surface area contributed by atoms with Gasteiger partial charge in [0.1, 0.15) is 12.2 Å². The van der Waals surface area contributed by atoms with Crippen LogP contribution in [0.5, 0.6) is 0 Å². The van der Waals surface area contributed by atoms with Gasteiger partial charge in [0.15, 0.2) is 5.78 Å². The van der Waals surface area contributed by atoms with Crippen molar-refractivity contribution in [2.24, 2.45) is 34.5 Å². The number of carbonyl (C=O) groups excluding carboxylic acids is 2. The third-order valence-corrected chi connectivity index (χ3v) is 7.92. The lowest BCUT2D eigenvalue weighted by atomic mass is 9.39. The predicted molar refractivity (Wildman–Crippen MR) is 88.5 cm³/mol. The number of esters is 1. The first-order chi connectivity index (χ1) is 12.0. The van der Waals surface area contributed by atoms with E-state index in [1.165, 1.54) is 6.08 Å². The molecule has 0 bridgehead atoms. The van der Waals surface area contributed by atoms with Gasteiger partial charge in [0.25, 0.3) is 0 Å². The zero-order valence-corrected chi connectivity index (χ0v) is 15.3. The largest absolute Gasteiger partial charge is 0.459 e. The Morgan fingerprint density at radius 1 is 0.962 bits per heavy atom. The number of ether oxygens (including phenoxy) is 1. The molecule has 0 radical (unpaired) electrons. The van der Waals surface area contributed by atoms with E-state index in [2.05, 4.69) is 0 Å². The second kappa shape index (κ2) is 5.16. The number of hydrogen-bond acceptors (Lipinski definition) is 7. The van der Waals surface area contributed by atoms with Gasteiger partial charge in [0.2, 0.25) is 0 Å². The maximum atomic E-state index is 12.6. The van der Waals surface area contributed by atoms with Crippen molar-refractivity contribution < 1.29 is 34.8 Å². The molecule has 1 heterocycles. The molecule has 0 unspecified atom stereocenters. The molecule has 4 N–H and O–H groups in total. The van der Waals surface area contributed by atoms with Gasteiger partial charge in [-0.1, -0.05) is 26.3 Å². The van der Waals surface area contributed by atoms with Gasteiger partial charge in [-0.2, -0.15) is 0 Å². The third kappa shape index (κ3) is 1.73. The molecule has 1 aliphatic heterocycles. The maximum absolute atomic E-state index is 12.6. The van der Waals surface area contributed by atoms with Crippen LogP contribution in [0, 0.1) is 34.5 Å². The minimum Gasteiger partial charge on any atom is -0.459 e. The average molecular weight is 366 g/mol. The molecule has 4 aliphatic rings. The van der Waals surface area contributed by atoms with Crippen LogP contribution in [-0.2, 0) is 14.3 Å². The van der Waals surface area contributed by atoms with E-state index in [0.29, 0.717) is 5.57 Å². The van der Waals surface area contributed by atoms with E-state index in [1.54, 1.807) is 27.7 Å². The Bertz CT molecular complexity index is 717. The summed E-state index contributed by atoms with van der Waals surface area (Å²) in [7, 11) is 0. The maximum Gasteiger partial charge on any atom is 0.310 e. The molecule has 1 saturated heterocycles. The van der Waals surface area contributed by atoms with Crippen molar-refractivity contribution in [1.82, 2.24) is 0 Å². The zero-order valence-electron chi connectivity index (χ0n) is 15.3. The second-order valence-corrected chi connectivity index (χ2v) is 9.05. The van der Waals surface area contributed by atoms with Crippen LogP contribution >= 0.6 is 0 Å². The first kappa shape index (κ1) is 18.1. The summed E-state index contributed by atoms with van der Waals surface area (Å²) in [6.45, 7) is 6.80. The molecule has 0 amide bonds. The summed E-state index contributed by atoms with van der Waals surface area (Å²) >= 11 is 0. The summed E-state index contributed by atoms with van der Waals surface area (Å²) in [5, 5.41) is 43.6. The lowest BCUT2D eigenvalue weighted by molar-refractivity contribution is -0.266. The molecule has 2 saturated carbocycles. The van der Waals surface area contributed by atoms with Gasteiger partial charge in [0.05, 0.1) is 24.2 Å². The van der Waals surface area contributed by atoms with E-state index in [-0.39, 0.29) is 0 Å². The SMILES string of the molecule is CC1=CC(=O)[C@@H](O)[C@]2(C)[C@H]3[C@@H](O)[C@H](O)[C@H](C)[C@@H]4C(=O)O[C@H]([C@H](O)[C@H]12)[C@]34C. The average Bonchev–Trinajstić information content (AvgIpc) is 2.81. The molecule has 26 heavy (non-hydrogen) atoms.